The molecule has 1 fully saturated rings. The van der Waals surface area contributed by atoms with Gasteiger partial charge in [0, 0.05) is 24.3 Å². The van der Waals surface area contributed by atoms with Gasteiger partial charge >= 0.3 is 5.97 Å². The lowest BCUT2D eigenvalue weighted by molar-refractivity contribution is -0.136. The van der Waals surface area contributed by atoms with Gasteiger partial charge in [-0.15, -0.1) is 0 Å². The molecule has 2 aromatic carbocycles. The zero-order valence-corrected chi connectivity index (χ0v) is 13.7. The van der Waals surface area contributed by atoms with Crippen molar-refractivity contribution in [2.75, 3.05) is 31.2 Å². The van der Waals surface area contributed by atoms with E-state index in [1.54, 1.807) is 0 Å². The van der Waals surface area contributed by atoms with E-state index in [2.05, 4.69) is 22.2 Å². The molecule has 4 rings (SSSR count). The van der Waals surface area contributed by atoms with E-state index >= 15 is 0 Å². The van der Waals surface area contributed by atoms with Crippen molar-refractivity contribution < 1.29 is 14.4 Å². The minimum absolute atomic E-state index is 0.420. The second-order valence-corrected chi connectivity index (χ2v) is 5.93. The Balaban J connectivity index is 1.58. The summed E-state index contributed by atoms with van der Waals surface area (Å²) in [6.45, 7) is 3.32. The highest BCUT2D eigenvalue weighted by Crippen LogP contribution is 2.22. The first-order valence-electron chi connectivity index (χ1n) is 8.31. The number of benzene rings is 2. The minimum atomic E-state index is -0.420. The van der Waals surface area contributed by atoms with Gasteiger partial charge < -0.3 is 14.5 Å². The van der Waals surface area contributed by atoms with Gasteiger partial charge in [0.25, 0.3) is 0 Å². The Morgan fingerprint density at radius 3 is 2.40 bits per heavy atom. The van der Waals surface area contributed by atoms with E-state index in [-0.39, 0.29) is 0 Å². The van der Waals surface area contributed by atoms with Gasteiger partial charge in [0.2, 0.25) is 0 Å². The maximum absolute atomic E-state index is 12.0. The first kappa shape index (κ1) is 15.6. The van der Waals surface area contributed by atoms with Gasteiger partial charge in [-0.25, -0.2) is 4.79 Å². The molecular formula is C20H18N2O3. The van der Waals surface area contributed by atoms with E-state index in [4.69, 9.17) is 9.57 Å². The number of carbonyl (C=O) groups excluding carboxylic acids is 1. The van der Waals surface area contributed by atoms with Gasteiger partial charge in [0.1, 0.15) is 5.71 Å². The molecule has 0 aliphatic carbocycles. The monoisotopic (exact) mass is 334 g/mol. The molecule has 0 N–H and O–H groups in total. The molecule has 5 nitrogen and oxygen atoms in total. The van der Waals surface area contributed by atoms with Crippen molar-refractivity contribution in [2.24, 2.45) is 5.16 Å². The molecule has 0 spiro atoms. The molecule has 25 heavy (non-hydrogen) atoms. The maximum Gasteiger partial charge on any atom is 0.368 e. The Hall–Kier alpha value is -2.92. The van der Waals surface area contributed by atoms with Gasteiger partial charge in [-0.3, -0.25) is 0 Å². The molecule has 0 radical (unpaired) electrons. The number of anilines is 1. The van der Waals surface area contributed by atoms with Gasteiger partial charge in [0.15, 0.2) is 0 Å². The van der Waals surface area contributed by atoms with Crippen LogP contribution in [0.2, 0.25) is 0 Å². The quantitative estimate of drug-likeness (QED) is 0.640. The Kier molecular flexibility index (Phi) is 4.31. The number of nitrogens with zero attached hydrogens (tertiary/aromatic N) is 2. The van der Waals surface area contributed by atoms with Crippen LogP contribution in [0.15, 0.2) is 65.3 Å². The van der Waals surface area contributed by atoms with Gasteiger partial charge in [0.05, 0.1) is 18.8 Å². The molecule has 2 aromatic rings. The number of ether oxygens (including phenoxy) is 1. The highest BCUT2D eigenvalue weighted by atomic mass is 16.7. The van der Waals surface area contributed by atoms with Crippen molar-refractivity contribution in [3.63, 3.8) is 0 Å². The molecule has 2 aliphatic heterocycles. The third-order valence-electron chi connectivity index (χ3n) is 4.32. The van der Waals surface area contributed by atoms with Crippen molar-refractivity contribution in [2.45, 2.75) is 0 Å². The first-order valence-corrected chi connectivity index (χ1v) is 8.31. The summed E-state index contributed by atoms with van der Waals surface area (Å²) in [5.41, 5.74) is 4.02. The van der Waals surface area contributed by atoms with Crippen LogP contribution in [-0.2, 0) is 14.4 Å². The number of carbonyl (C=O) groups is 1. The smallest absolute Gasteiger partial charge is 0.368 e. The molecule has 0 aromatic heterocycles. The Morgan fingerprint density at radius 2 is 1.68 bits per heavy atom. The average molecular weight is 334 g/mol. The second-order valence-electron chi connectivity index (χ2n) is 5.93. The summed E-state index contributed by atoms with van der Waals surface area (Å²) < 4.78 is 5.38. The number of hydrogen-bond acceptors (Lipinski definition) is 5. The maximum atomic E-state index is 12.0. The average Bonchev–Trinajstić information content (AvgIpc) is 3.04. The van der Waals surface area contributed by atoms with Crippen LogP contribution < -0.4 is 4.90 Å². The normalized spacial score (nSPS) is 19.0. The van der Waals surface area contributed by atoms with Crippen LogP contribution in [0.5, 0.6) is 0 Å². The van der Waals surface area contributed by atoms with Crippen LogP contribution in [0.25, 0.3) is 6.08 Å². The van der Waals surface area contributed by atoms with E-state index in [0.29, 0.717) is 11.3 Å². The summed E-state index contributed by atoms with van der Waals surface area (Å²) >= 11 is 0. The van der Waals surface area contributed by atoms with Gasteiger partial charge in [-0.1, -0.05) is 47.6 Å². The zero-order valence-electron chi connectivity index (χ0n) is 13.7. The van der Waals surface area contributed by atoms with Crippen molar-refractivity contribution in [1.82, 2.24) is 0 Å². The van der Waals surface area contributed by atoms with Crippen LogP contribution in [0.3, 0.4) is 0 Å². The van der Waals surface area contributed by atoms with Crippen LogP contribution >= 0.6 is 0 Å². The molecule has 0 amide bonds. The Labute approximate surface area is 146 Å². The lowest BCUT2D eigenvalue weighted by Crippen LogP contribution is -2.36. The van der Waals surface area contributed by atoms with Crippen molar-refractivity contribution in [3.8, 4) is 0 Å². The molecule has 5 heteroatoms. The number of rotatable bonds is 3. The molecule has 0 bridgehead atoms. The molecular weight excluding hydrogens is 316 g/mol. The van der Waals surface area contributed by atoms with Crippen molar-refractivity contribution >= 4 is 23.4 Å². The molecule has 0 saturated carbocycles. The van der Waals surface area contributed by atoms with Crippen molar-refractivity contribution in [3.05, 3.63) is 71.3 Å². The zero-order chi connectivity index (χ0) is 17.1. The van der Waals surface area contributed by atoms with E-state index in [1.165, 1.54) is 0 Å². The summed E-state index contributed by atoms with van der Waals surface area (Å²) in [4.78, 5) is 19.2. The van der Waals surface area contributed by atoms with Crippen molar-refractivity contribution in [1.29, 1.82) is 0 Å². The van der Waals surface area contributed by atoms with Crippen LogP contribution in [-0.4, -0.2) is 38.0 Å². The van der Waals surface area contributed by atoms with Gasteiger partial charge in [-0.05, 0) is 23.8 Å². The van der Waals surface area contributed by atoms with E-state index < -0.39 is 5.97 Å². The van der Waals surface area contributed by atoms with E-state index in [1.807, 2.05) is 48.5 Å². The molecule has 2 heterocycles. The number of hydrogen-bond donors (Lipinski definition) is 0. The minimum Gasteiger partial charge on any atom is -0.378 e. The molecule has 2 aliphatic rings. The van der Waals surface area contributed by atoms with Crippen LogP contribution in [0.4, 0.5) is 5.69 Å². The lowest BCUT2D eigenvalue weighted by atomic mass is 10.0. The fourth-order valence-electron chi connectivity index (χ4n) is 2.98. The molecule has 0 unspecified atom stereocenters. The summed E-state index contributed by atoms with van der Waals surface area (Å²) in [6, 6.07) is 17.7. The molecule has 126 valence electrons. The SMILES string of the molecule is O=C1ON=C(c2ccccc2)/C1=C/c1ccc(N2CCOCC2)cc1. The molecule has 1 saturated heterocycles. The van der Waals surface area contributed by atoms with Crippen LogP contribution in [0.1, 0.15) is 11.1 Å². The Morgan fingerprint density at radius 1 is 0.960 bits per heavy atom. The number of morpholine rings is 1. The standard InChI is InChI=1S/C20H18N2O3/c23-20-18(19(21-25-20)16-4-2-1-3-5-16)14-15-6-8-17(9-7-15)22-10-12-24-13-11-22/h1-9,14H,10-13H2/b18-14-. The third-order valence-corrected chi connectivity index (χ3v) is 4.32. The Bertz CT molecular complexity index is 820. The van der Waals surface area contributed by atoms with Crippen LogP contribution in [0, 0.1) is 0 Å². The summed E-state index contributed by atoms with van der Waals surface area (Å²) in [5.74, 6) is -0.420. The largest absolute Gasteiger partial charge is 0.378 e. The first-order chi connectivity index (χ1) is 12.3. The fraction of sp³-hybridized carbons (Fsp3) is 0.200. The number of oxime groups is 1. The summed E-state index contributed by atoms with van der Waals surface area (Å²) in [7, 11) is 0. The summed E-state index contributed by atoms with van der Waals surface area (Å²) in [5, 5.41) is 3.93. The van der Waals surface area contributed by atoms with E-state index in [9.17, 15) is 4.79 Å². The second kappa shape index (κ2) is 6.91. The highest BCUT2D eigenvalue weighted by molar-refractivity contribution is 6.31. The highest BCUT2D eigenvalue weighted by Gasteiger charge is 2.26. The fourth-order valence-corrected chi connectivity index (χ4v) is 2.98. The predicted molar refractivity (Wildman–Crippen MR) is 96.5 cm³/mol. The third kappa shape index (κ3) is 3.32. The lowest BCUT2D eigenvalue weighted by Gasteiger charge is -2.28. The van der Waals surface area contributed by atoms with E-state index in [0.717, 1.165) is 43.1 Å². The predicted octanol–water partition coefficient (Wildman–Crippen LogP) is 2.87. The molecule has 0 atom stereocenters. The van der Waals surface area contributed by atoms with Gasteiger partial charge in [-0.2, -0.15) is 0 Å². The topological polar surface area (TPSA) is 51.1 Å². The summed E-state index contributed by atoms with van der Waals surface area (Å²) in [6.07, 6.45) is 1.82.